The number of ether oxygens (including phenoxy) is 1. The molecule has 9 heteroatoms. The van der Waals surface area contributed by atoms with Crippen molar-refractivity contribution in [1.82, 2.24) is 9.46 Å². The number of rotatable bonds is 5. The van der Waals surface area contributed by atoms with E-state index in [1.54, 1.807) is 25.1 Å². The van der Waals surface area contributed by atoms with Gasteiger partial charge >= 0.3 is 5.97 Å². The largest absolute Gasteiger partial charge is 0.466 e. The van der Waals surface area contributed by atoms with Gasteiger partial charge in [0.1, 0.15) is 4.21 Å². The first-order chi connectivity index (χ1) is 11.9. The van der Waals surface area contributed by atoms with Gasteiger partial charge in [-0.1, -0.05) is 5.16 Å². The number of carbonyl (C=O) groups excluding carboxylic acids is 1. The van der Waals surface area contributed by atoms with Crippen molar-refractivity contribution in [2.75, 3.05) is 19.7 Å². The number of aryl methyl sites for hydroxylation is 1. The zero-order valence-corrected chi connectivity index (χ0v) is 15.7. The fourth-order valence-electron chi connectivity index (χ4n) is 2.79. The first kappa shape index (κ1) is 18.1. The van der Waals surface area contributed by atoms with E-state index >= 15 is 0 Å². The van der Waals surface area contributed by atoms with Crippen LogP contribution < -0.4 is 0 Å². The second-order valence-corrected chi connectivity index (χ2v) is 9.13. The second-order valence-electron chi connectivity index (χ2n) is 5.88. The molecule has 1 fully saturated rings. The molecule has 0 bridgehead atoms. The van der Waals surface area contributed by atoms with E-state index in [0.29, 0.717) is 38.3 Å². The smallest absolute Gasteiger partial charge is 0.309 e. The standard InChI is InChI=1S/C16H20N2O5S2/c1-3-22-16(19)12-6-8-18(9-7-12)25(20,21)15-5-4-14(24-15)13-10-11(2)17-23-13/h4-5,10,12H,3,6-9H2,1-2H3. The summed E-state index contributed by atoms with van der Waals surface area (Å²) >= 11 is 1.16. The van der Waals surface area contributed by atoms with Crippen LogP contribution in [0.25, 0.3) is 10.6 Å². The van der Waals surface area contributed by atoms with Gasteiger partial charge in [-0.2, -0.15) is 4.31 Å². The maximum absolute atomic E-state index is 12.8. The van der Waals surface area contributed by atoms with Gasteiger partial charge in [0, 0.05) is 19.2 Å². The van der Waals surface area contributed by atoms with Crippen molar-refractivity contribution in [3.8, 4) is 10.6 Å². The highest BCUT2D eigenvalue weighted by Gasteiger charge is 2.33. The van der Waals surface area contributed by atoms with Crippen LogP contribution in [0.5, 0.6) is 0 Å². The third kappa shape index (κ3) is 3.78. The lowest BCUT2D eigenvalue weighted by atomic mass is 9.98. The summed E-state index contributed by atoms with van der Waals surface area (Å²) in [6.07, 6.45) is 0.967. The van der Waals surface area contributed by atoms with Crippen LogP contribution in [0.3, 0.4) is 0 Å². The normalized spacial score (nSPS) is 16.9. The summed E-state index contributed by atoms with van der Waals surface area (Å²) in [5, 5.41) is 3.82. The Morgan fingerprint density at radius 2 is 2.12 bits per heavy atom. The first-order valence-corrected chi connectivity index (χ1v) is 10.4. The molecule has 0 saturated carbocycles. The van der Waals surface area contributed by atoms with Crippen LogP contribution in [-0.4, -0.2) is 43.5 Å². The highest BCUT2D eigenvalue weighted by atomic mass is 32.2. The van der Waals surface area contributed by atoms with Gasteiger partial charge in [-0.3, -0.25) is 4.79 Å². The molecule has 25 heavy (non-hydrogen) atoms. The van der Waals surface area contributed by atoms with Crippen LogP contribution >= 0.6 is 11.3 Å². The molecule has 3 rings (SSSR count). The van der Waals surface area contributed by atoms with Gasteiger partial charge in [-0.25, -0.2) is 8.42 Å². The predicted octanol–water partition coefficient (Wildman–Crippen LogP) is 2.68. The highest BCUT2D eigenvalue weighted by molar-refractivity contribution is 7.91. The number of sulfonamides is 1. The summed E-state index contributed by atoms with van der Waals surface area (Å²) in [6, 6.07) is 5.08. The molecule has 2 aromatic rings. The SMILES string of the molecule is CCOC(=O)C1CCN(S(=O)(=O)c2ccc(-c3cc(C)no3)s2)CC1. The maximum atomic E-state index is 12.8. The minimum absolute atomic E-state index is 0.220. The fraction of sp³-hybridized carbons (Fsp3) is 0.500. The van der Waals surface area contributed by atoms with Crippen LogP contribution in [0.15, 0.2) is 26.9 Å². The first-order valence-electron chi connectivity index (χ1n) is 8.12. The number of nitrogens with zero attached hydrogens (tertiary/aromatic N) is 2. The van der Waals surface area contributed by atoms with E-state index in [2.05, 4.69) is 5.16 Å². The molecule has 136 valence electrons. The average molecular weight is 384 g/mol. The average Bonchev–Trinajstić information content (AvgIpc) is 3.24. The Balaban J connectivity index is 1.71. The van der Waals surface area contributed by atoms with E-state index in [4.69, 9.17) is 9.26 Å². The summed E-state index contributed by atoms with van der Waals surface area (Å²) in [6.45, 7) is 4.56. The van der Waals surface area contributed by atoms with Crippen molar-refractivity contribution >= 4 is 27.3 Å². The van der Waals surface area contributed by atoms with E-state index in [0.717, 1.165) is 21.9 Å². The van der Waals surface area contributed by atoms with Gasteiger partial charge in [0.2, 0.25) is 0 Å². The molecule has 0 atom stereocenters. The zero-order valence-electron chi connectivity index (χ0n) is 14.1. The Bertz CT molecular complexity index is 848. The summed E-state index contributed by atoms with van der Waals surface area (Å²) in [5.41, 5.74) is 0.744. The summed E-state index contributed by atoms with van der Waals surface area (Å²) in [7, 11) is -3.57. The number of carbonyl (C=O) groups is 1. The molecule has 1 saturated heterocycles. The Morgan fingerprint density at radius 3 is 2.72 bits per heavy atom. The molecule has 0 amide bonds. The van der Waals surface area contributed by atoms with E-state index in [1.807, 2.05) is 6.92 Å². The number of aromatic nitrogens is 1. The van der Waals surface area contributed by atoms with Gasteiger partial charge in [0.15, 0.2) is 5.76 Å². The van der Waals surface area contributed by atoms with Crippen LogP contribution in [0.4, 0.5) is 0 Å². The quantitative estimate of drug-likeness (QED) is 0.736. The van der Waals surface area contributed by atoms with E-state index in [-0.39, 0.29) is 16.1 Å². The highest BCUT2D eigenvalue weighted by Crippen LogP contribution is 2.34. The minimum atomic E-state index is -3.57. The van der Waals surface area contributed by atoms with E-state index in [9.17, 15) is 13.2 Å². The Morgan fingerprint density at radius 1 is 1.40 bits per heavy atom. The maximum Gasteiger partial charge on any atom is 0.309 e. The molecule has 0 radical (unpaired) electrons. The fourth-order valence-corrected chi connectivity index (χ4v) is 5.67. The number of hydrogen-bond donors (Lipinski definition) is 0. The van der Waals surface area contributed by atoms with Crippen LogP contribution in [0, 0.1) is 12.8 Å². The molecule has 1 aliphatic heterocycles. The van der Waals surface area contributed by atoms with Crippen molar-refractivity contribution in [3.05, 3.63) is 23.9 Å². The minimum Gasteiger partial charge on any atom is -0.466 e. The molecular formula is C16H20N2O5S2. The molecular weight excluding hydrogens is 364 g/mol. The monoisotopic (exact) mass is 384 g/mol. The number of esters is 1. The summed E-state index contributed by atoms with van der Waals surface area (Å²) in [5.74, 6) is 0.103. The molecule has 7 nitrogen and oxygen atoms in total. The lowest BCUT2D eigenvalue weighted by molar-refractivity contribution is -0.149. The third-order valence-electron chi connectivity index (χ3n) is 4.12. The second kappa shape index (κ2) is 7.27. The topological polar surface area (TPSA) is 89.7 Å². The predicted molar refractivity (Wildman–Crippen MR) is 92.7 cm³/mol. The van der Waals surface area contributed by atoms with E-state index < -0.39 is 10.0 Å². The van der Waals surface area contributed by atoms with Crippen molar-refractivity contribution in [2.24, 2.45) is 5.92 Å². The lowest BCUT2D eigenvalue weighted by Crippen LogP contribution is -2.40. The van der Waals surface area contributed by atoms with Gasteiger partial charge in [0.25, 0.3) is 10.0 Å². The Hall–Kier alpha value is -1.71. The van der Waals surface area contributed by atoms with Crippen molar-refractivity contribution < 1.29 is 22.5 Å². The van der Waals surface area contributed by atoms with Gasteiger partial charge in [-0.05, 0) is 38.8 Å². The Kier molecular flexibility index (Phi) is 5.26. The van der Waals surface area contributed by atoms with Crippen molar-refractivity contribution in [1.29, 1.82) is 0 Å². The lowest BCUT2D eigenvalue weighted by Gasteiger charge is -2.29. The summed E-state index contributed by atoms with van der Waals surface area (Å²) < 4.78 is 37.5. The molecule has 3 heterocycles. The van der Waals surface area contributed by atoms with Gasteiger partial charge in [-0.15, -0.1) is 11.3 Å². The van der Waals surface area contributed by atoms with E-state index in [1.165, 1.54) is 4.31 Å². The van der Waals surface area contributed by atoms with Gasteiger partial charge < -0.3 is 9.26 Å². The molecule has 0 aromatic carbocycles. The summed E-state index contributed by atoms with van der Waals surface area (Å²) in [4.78, 5) is 12.5. The number of piperidine rings is 1. The molecule has 2 aromatic heterocycles. The Labute approximate surface area is 150 Å². The number of hydrogen-bond acceptors (Lipinski definition) is 7. The van der Waals surface area contributed by atoms with Crippen molar-refractivity contribution in [3.63, 3.8) is 0 Å². The molecule has 0 aliphatic carbocycles. The molecule has 0 unspecified atom stereocenters. The van der Waals surface area contributed by atoms with Crippen LogP contribution in [0.2, 0.25) is 0 Å². The van der Waals surface area contributed by atoms with Crippen LogP contribution in [0.1, 0.15) is 25.5 Å². The molecule has 0 N–H and O–H groups in total. The van der Waals surface area contributed by atoms with Gasteiger partial charge in [0.05, 0.1) is 23.1 Å². The third-order valence-corrected chi connectivity index (χ3v) is 7.59. The number of thiophene rings is 1. The van der Waals surface area contributed by atoms with Crippen LogP contribution in [-0.2, 0) is 19.6 Å². The molecule has 1 aliphatic rings. The zero-order chi connectivity index (χ0) is 18.0. The van der Waals surface area contributed by atoms with Crippen molar-refractivity contribution in [2.45, 2.75) is 30.9 Å². The molecule has 0 spiro atoms.